The van der Waals surface area contributed by atoms with Crippen LogP contribution in [0.1, 0.15) is 5.56 Å². The van der Waals surface area contributed by atoms with Gasteiger partial charge in [-0.2, -0.15) is 0 Å². The molecule has 0 atom stereocenters. The van der Waals surface area contributed by atoms with Gasteiger partial charge in [-0.25, -0.2) is 0 Å². The first-order valence-corrected chi connectivity index (χ1v) is 5.08. The molecule has 0 aliphatic heterocycles. The SMILES string of the molecule is COc1cccc(Br)c1CBr. The number of rotatable bonds is 2. The van der Waals surface area contributed by atoms with Gasteiger partial charge in [0.05, 0.1) is 7.11 Å². The highest BCUT2D eigenvalue weighted by atomic mass is 79.9. The predicted octanol–water partition coefficient (Wildman–Crippen LogP) is 3.35. The lowest BCUT2D eigenvalue weighted by Crippen LogP contribution is -1.89. The molecule has 0 aliphatic rings. The Balaban J connectivity index is 3.13. The Kier molecular flexibility index (Phi) is 3.40. The highest BCUT2D eigenvalue weighted by Crippen LogP contribution is 2.28. The van der Waals surface area contributed by atoms with E-state index in [1.54, 1.807) is 7.11 Å². The van der Waals surface area contributed by atoms with Crippen molar-refractivity contribution in [2.24, 2.45) is 0 Å². The molecule has 1 aromatic rings. The molecule has 0 saturated heterocycles. The van der Waals surface area contributed by atoms with E-state index in [0.29, 0.717) is 0 Å². The lowest BCUT2D eigenvalue weighted by atomic mass is 10.2. The maximum absolute atomic E-state index is 5.16. The molecular formula is C8H8Br2O. The Labute approximate surface area is 83.0 Å². The molecular weight excluding hydrogens is 272 g/mol. The summed E-state index contributed by atoms with van der Waals surface area (Å²) >= 11 is 6.83. The minimum absolute atomic E-state index is 0.803. The molecule has 0 saturated carbocycles. The maximum Gasteiger partial charge on any atom is 0.124 e. The van der Waals surface area contributed by atoms with Crippen LogP contribution in [0.25, 0.3) is 0 Å². The Hall–Kier alpha value is -0.0200. The first kappa shape index (κ1) is 9.07. The summed E-state index contributed by atoms with van der Waals surface area (Å²) in [7, 11) is 1.67. The van der Waals surface area contributed by atoms with Gasteiger partial charge in [-0.3, -0.25) is 0 Å². The largest absolute Gasteiger partial charge is 0.496 e. The van der Waals surface area contributed by atoms with Crippen LogP contribution in [0.5, 0.6) is 5.75 Å². The number of halogens is 2. The van der Waals surface area contributed by atoms with Crippen LogP contribution in [0.3, 0.4) is 0 Å². The van der Waals surface area contributed by atoms with Gasteiger partial charge < -0.3 is 4.74 Å². The first-order valence-electron chi connectivity index (χ1n) is 3.17. The summed E-state index contributed by atoms with van der Waals surface area (Å²) in [4.78, 5) is 0. The number of hydrogen-bond acceptors (Lipinski definition) is 1. The van der Waals surface area contributed by atoms with Crippen LogP contribution in [0.15, 0.2) is 22.7 Å². The highest BCUT2D eigenvalue weighted by Gasteiger charge is 2.03. The van der Waals surface area contributed by atoms with E-state index in [1.165, 1.54) is 0 Å². The van der Waals surface area contributed by atoms with Crippen molar-refractivity contribution in [3.63, 3.8) is 0 Å². The topological polar surface area (TPSA) is 9.23 Å². The van der Waals surface area contributed by atoms with Crippen LogP contribution in [-0.2, 0) is 5.33 Å². The van der Waals surface area contributed by atoms with E-state index in [9.17, 15) is 0 Å². The summed E-state index contributed by atoms with van der Waals surface area (Å²) in [6.07, 6.45) is 0. The Morgan fingerprint density at radius 3 is 2.64 bits per heavy atom. The quantitative estimate of drug-likeness (QED) is 0.755. The normalized spacial score (nSPS) is 9.73. The van der Waals surface area contributed by atoms with Gasteiger partial charge in [0, 0.05) is 15.4 Å². The minimum atomic E-state index is 0.803. The molecule has 0 aliphatic carbocycles. The van der Waals surface area contributed by atoms with Gasteiger partial charge in [0.15, 0.2) is 0 Å². The molecule has 1 rings (SSSR count). The maximum atomic E-state index is 5.16. The van der Waals surface area contributed by atoms with Gasteiger partial charge in [0.1, 0.15) is 5.75 Å². The molecule has 0 unspecified atom stereocenters. The second kappa shape index (κ2) is 4.12. The summed E-state index contributed by atoms with van der Waals surface area (Å²) in [5.41, 5.74) is 1.15. The number of alkyl halides is 1. The summed E-state index contributed by atoms with van der Waals surface area (Å²) in [6, 6.07) is 5.90. The Bertz CT molecular complexity index is 248. The second-order valence-corrected chi connectivity index (χ2v) is 3.47. The molecule has 0 heterocycles. The van der Waals surface area contributed by atoms with Gasteiger partial charge in [-0.15, -0.1) is 0 Å². The first-order chi connectivity index (χ1) is 5.29. The van der Waals surface area contributed by atoms with Gasteiger partial charge in [-0.05, 0) is 12.1 Å². The third kappa shape index (κ3) is 1.97. The molecule has 0 aromatic heterocycles. The van der Waals surface area contributed by atoms with Crippen molar-refractivity contribution in [1.29, 1.82) is 0 Å². The number of benzene rings is 1. The Morgan fingerprint density at radius 2 is 2.18 bits per heavy atom. The van der Waals surface area contributed by atoms with E-state index in [-0.39, 0.29) is 0 Å². The van der Waals surface area contributed by atoms with Crippen LogP contribution in [0.4, 0.5) is 0 Å². The molecule has 0 fully saturated rings. The number of ether oxygens (including phenoxy) is 1. The number of hydrogen-bond donors (Lipinski definition) is 0. The summed E-state index contributed by atoms with van der Waals surface area (Å²) in [5.74, 6) is 0.913. The van der Waals surface area contributed by atoms with Crippen LogP contribution >= 0.6 is 31.9 Å². The highest BCUT2D eigenvalue weighted by molar-refractivity contribution is 9.10. The molecule has 1 nitrogen and oxygen atoms in total. The summed E-state index contributed by atoms with van der Waals surface area (Å²) < 4.78 is 6.23. The van der Waals surface area contributed by atoms with Crippen molar-refractivity contribution in [2.75, 3.05) is 7.11 Å². The average Bonchev–Trinajstić information content (AvgIpc) is 2.04. The third-order valence-corrected chi connectivity index (χ3v) is 2.73. The Morgan fingerprint density at radius 1 is 1.45 bits per heavy atom. The van der Waals surface area contributed by atoms with E-state index in [4.69, 9.17) is 4.74 Å². The van der Waals surface area contributed by atoms with Crippen molar-refractivity contribution in [3.8, 4) is 5.75 Å². The molecule has 0 radical (unpaired) electrons. The second-order valence-electron chi connectivity index (χ2n) is 2.05. The molecule has 0 spiro atoms. The molecule has 11 heavy (non-hydrogen) atoms. The van der Waals surface area contributed by atoms with Gasteiger partial charge in [0.2, 0.25) is 0 Å². The predicted molar refractivity (Wildman–Crippen MR) is 53.3 cm³/mol. The van der Waals surface area contributed by atoms with Crippen LogP contribution in [0.2, 0.25) is 0 Å². The average molecular weight is 280 g/mol. The summed E-state index contributed by atoms with van der Waals surface area (Å²) in [6.45, 7) is 0. The molecule has 0 bridgehead atoms. The third-order valence-electron chi connectivity index (χ3n) is 1.43. The zero-order chi connectivity index (χ0) is 8.27. The summed E-state index contributed by atoms with van der Waals surface area (Å²) in [5, 5.41) is 0.803. The van der Waals surface area contributed by atoms with Crippen molar-refractivity contribution >= 4 is 31.9 Å². The fourth-order valence-electron chi connectivity index (χ4n) is 0.860. The van der Waals surface area contributed by atoms with Crippen molar-refractivity contribution in [2.45, 2.75) is 5.33 Å². The fourth-order valence-corrected chi connectivity index (χ4v) is 2.30. The van der Waals surface area contributed by atoms with Gasteiger partial charge in [0.25, 0.3) is 0 Å². The van der Waals surface area contributed by atoms with E-state index in [0.717, 1.165) is 21.1 Å². The van der Waals surface area contributed by atoms with E-state index < -0.39 is 0 Å². The minimum Gasteiger partial charge on any atom is -0.496 e. The standard InChI is InChI=1S/C8H8Br2O/c1-11-8-4-2-3-7(10)6(8)5-9/h2-4H,5H2,1H3. The van der Waals surface area contributed by atoms with Crippen molar-refractivity contribution in [1.82, 2.24) is 0 Å². The van der Waals surface area contributed by atoms with E-state index >= 15 is 0 Å². The fraction of sp³-hybridized carbons (Fsp3) is 0.250. The smallest absolute Gasteiger partial charge is 0.124 e. The number of methoxy groups -OCH3 is 1. The van der Waals surface area contributed by atoms with Crippen LogP contribution in [0, 0.1) is 0 Å². The monoisotopic (exact) mass is 278 g/mol. The van der Waals surface area contributed by atoms with Crippen molar-refractivity contribution in [3.05, 3.63) is 28.2 Å². The van der Waals surface area contributed by atoms with Crippen LogP contribution in [-0.4, -0.2) is 7.11 Å². The van der Waals surface area contributed by atoms with Crippen LogP contribution < -0.4 is 4.74 Å². The molecule has 1 aromatic carbocycles. The molecule has 0 amide bonds. The lowest BCUT2D eigenvalue weighted by Gasteiger charge is -2.06. The van der Waals surface area contributed by atoms with Gasteiger partial charge >= 0.3 is 0 Å². The molecule has 60 valence electrons. The molecule has 3 heteroatoms. The molecule has 0 N–H and O–H groups in total. The van der Waals surface area contributed by atoms with E-state index in [1.807, 2.05) is 18.2 Å². The van der Waals surface area contributed by atoms with E-state index in [2.05, 4.69) is 31.9 Å². The van der Waals surface area contributed by atoms with Crippen molar-refractivity contribution < 1.29 is 4.74 Å². The van der Waals surface area contributed by atoms with Gasteiger partial charge in [-0.1, -0.05) is 37.9 Å². The zero-order valence-corrected chi connectivity index (χ0v) is 9.28. The lowest BCUT2D eigenvalue weighted by molar-refractivity contribution is 0.411. The zero-order valence-electron chi connectivity index (χ0n) is 6.10.